The van der Waals surface area contributed by atoms with Crippen LogP contribution in [-0.2, 0) is 14.8 Å². The summed E-state index contributed by atoms with van der Waals surface area (Å²) in [5.74, 6) is 6.11. The largest absolute Gasteiger partial charge is 0.481 e. The van der Waals surface area contributed by atoms with Crippen molar-refractivity contribution in [2.75, 3.05) is 32.9 Å². The zero-order valence-electron chi connectivity index (χ0n) is 11.3. The Hall–Kier alpha value is -1.55. The lowest BCUT2D eigenvalue weighted by atomic mass is 10.3. The molecule has 20 heavy (non-hydrogen) atoms. The Bertz CT molecular complexity index is 592. The first-order valence-corrected chi connectivity index (χ1v) is 7.79. The third-order valence-electron chi connectivity index (χ3n) is 2.92. The molecule has 1 heterocycles. The van der Waals surface area contributed by atoms with Crippen molar-refractivity contribution in [1.29, 1.82) is 0 Å². The summed E-state index contributed by atoms with van der Waals surface area (Å²) in [5.41, 5.74) is 0. The van der Waals surface area contributed by atoms with Gasteiger partial charge in [-0.1, -0.05) is 5.92 Å². The lowest BCUT2D eigenvalue weighted by Gasteiger charge is -2.26. The van der Waals surface area contributed by atoms with Crippen LogP contribution in [0.2, 0.25) is 0 Å². The van der Waals surface area contributed by atoms with E-state index in [4.69, 9.17) is 9.47 Å². The number of morpholine rings is 1. The van der Waals surface area contributed by atoms with Crippen LogP contribution in [0.4, 0.5) is 0 Å². The molecule has 0 atom stereocenters. The van der Waals surface area contributed by atoms with Crippen molar-refractivity contribution < 1.29 is 17.9 Å². The predicted molar refractivity (Wildman–Crippen MR) is 75.0 cm³/mol. The zero-order chi connectivity index (χ0) is 14.4. The lowest BCUT2D eigenvalue weighted by molar-refractivity contribution is 0.0730. The van der Waals surface area contributed by atoms with Crippen molar-refractivity contribution in [3.8, 4) is 17.6 Å². The van der Waals surface area contributed by atoms with Gasteiger partial charge in [0.1, 0.15) is 12.4 Å². The van der Waals surface area contributed by atoms with Gasteiger partial charge in [0.25, 0.3) is 0 Å². The monoisotopic (exact) mass is 295 g/mol. The van der Waals surface area contributed by atoms with Crippen LogP contribution in [0.1, 0.15) is 6.92 Å². The normalized spacial score (nSPS) is 16.2. The Kier molecular flexibility index (Phi) is 5.01. The number of hydrogen-bond donors (Lipinski definition) is 0. The smallest absolute Gasteiger partial charge is 0.243 e. The summed E-state index contributed by atoms with van der Waals surface area (Å²) in [4.78, 5) is 0.272. The lowest BCUT2D eigenvalue weighted by Crippen LogP contribution is -2.40. The van der Waals surface area contributed by atoms with E-state index in [0.717, 1.165) is 0 Å². The Morgan fingerprint density at radius 1 is 1.25 bits per heavy atom. The minimum Gasteiger partial charge on any atom is -0.481 e. The molecule has 1 aliphatic heterocycles. The molecule has 1 aromatic rings. The molecule has 0 unspecified atom stereocenters. The van der Waals surface area contributed by atoms with E-state index in [-0.39, 0.29) is 4.90 Å². The summed E-state index contributed by atoms with van der Waals surface area (Å²) >= 11 is 0. The third-order valence-corrected chi connectivity index (χ3v) is 4.83. The Morgan fingerprint density at radius 2 is 1.90 bits per heavy atom. The average Bonchev–Trinajstić information content (AvgIpc) is 2.49. The summed E-state index contributed by atoms with van der Waals surface area (Å²) in [6, 6.07) is 6.40. The first-order valence-electron chi connectivity index (χ1n) is 6.35. The molecular formula is C14H17NO4S. The Labute approximate surface area is 119 Å². The average molecular weight is 295 g/mol. The fourth-order valence-corrected chi connectivity index (χ4v) is 3.24. The second kappa shape index (κ2) is 6.75. The molecule has 1 aliphatic rings. The van der Waals surface area contributed by atoms with Gasteiger partial charge >= 0.3 is 0 Å². The van der Waals surface area contributed by atoms with Crippen LogP contribution in [0.5, 0.6) is 5.75 Å². The van der Waals surface area contributed by atoms with Gasteiger partial charge < -0.3 is 9.47 Å². The minimum atomic E-state index is -3.43. The van der Waals surface area contributed by atoms with Crippen LogP contribution in [0.25, 0.3) is 0 Å². The molecule has 0 saturated carbocycles. The Morgan fingerprint density at radius 3 is 2.50 bits per heavy atom. The fourth-order valence-electron chi connectivity index (χ4n) is 1.84. The van der Waals surface area contributed by atoms with E-state index < -0.39 is 10.0 Å². The van der Waals surface area contributed by atoms with E-state index in [1.165, 1.54) is 4.31 Å². The van der Waals surface area contributed by atoms with Crippen LogP contribution in [0, 0.1) is 11.8 Å². The summed E-state index contributed by atoms with van der Waals surface area (Å²) < 4.78 is 36.7. The van der Waals surface area contributed by atoms with E-state index in [1.54, 1.807) is 31.2 Å². The molecule has 1 aromatic carbocycles. The van der Waals surface area contributed by atoms with Crippen molar-refractivity contribution in [3.63, 3.8) is 0 Å². The molecule has 5 nitrogen and oxygen atoms in total. The first kappa shape index (κ1) is 14.9. The van der Waals surface area contributed by atoms with Gasteiger partial charge in [-0.2, -0.15) is 4.31 Å². The van der Waals surface area contributed by atoms with Gasteiger partial charge in [0.2, 0.25) is 10.0 Å². The molecule has 0 N–H and O–H groups in total. The van der Waals surface area contributed by atoms with E-state index in [0.29, 0.717) is 38.7 Å². The molecule has 0 aliphatic carbocycles. The predicted octanol–water partition coefficient (Wildman–Crippen LogP) is 1.11. The molecule has 0 radical (unpaired) electrons. The quantitative estimate of drug-likeness (QED) is 0.781. The number of ether oxygens (including phenoxy) is 2. The third kappa shape index (κ3) is 3.51. The van der Waals surface area contributed by atoms with E-state index in [1.807, 2.05) is 0 Å². The highest BCUT2D eigenvalue weighted by molar-refractivity contribution is 7.89. The molecule has 0 bridgehead atoms. The topological polar surface area (TPSA) is 55.8 Å². The second-order valence-electron chi connectivity index (χ2n) is 4.20. The highest BCUT2D eigenvalue weighted by atomic mass is 32.2. The minimum absolute atomic E-state index is 0.272. The van der Waals surface area contributed by atoms with Crippen LogP contribution >= 0.6 is 0 Å². The summed E-state index contributed by atoms with van der Waals surface area (Å²) in [6.45, 7) is 3.71. The Balaban J connectivity index is 2.09. The van der Waals surface area contributed by atoms with Gasteiger partial charge in [0.15, 0.2) is 0 Å². The second-order valence-corrected chi connectivity index (χ2v) is 6.14. The van der Waals surface area contributed by atoms with Crippen molar-refractivity contribution in [3.05, 3.63) is 24.3 Å². The number of benzene rings is 1. The van der Waals surface area contributed by atoms with Crippen LogP contribution in [0.3, 0.4) is 0 Å². The highest BCUT2D eigenvalue weighted by Gasteiger charge is 2.26. The maximum Gasteiger partial charge on any atom is 0.243 e. The van der Waals surface area contributed by atoms with Crippen molar-refractivity contribution in [2.45, 2.75) is 11.8 Å². The zero-order valence-corrected chi connectivity index (χ0v) is 12.1. The molecule has 0 aromatic heterocycles. The summed E-state index contributed by atoms with van der Waals surface area (Å²) in [5, 5.41) is 0. The van der Waals surface area contributed by atoms with Gasteiger partial charge in [0.05, 0.1) is 18.1 Å². The van der Waals surface area contributed by atoms with Crippen molar-refractivity contribution in [1.82, 2.24) is 4.31 Å². The molecule has 0 amide bonds. The summed E-state index contributed by atoms with van der Waals surface area (Å²) in [7, 11) is -3.43. The summed E-state index contributed by atoms with van der Waals surface area (Å²) in [6.07, 6.45) is 0. The van der Waals surface area contributed by atoms with Crippen molar-refractivity contribution in [2.24, 2.45) is 0 Å². The van der Waals surface area contributed by atoms with Gasteiger partial charge in [-0.15, -0.1) is 5.92 Å². The van der Waals surface area contributed by atoms with Crippen LogP contribution in [-0.4, -0.2) is 45.6 Å². The molecule has 1 saturated heterocycles. The maximum atomic E-state index is 12.4. The van der Waals surface area contributed by atoms with Crippen LogP contribution < -0.4 is 4.74 Å². The maximum absolute atomic E-state index is 12.4. The standard InChI is InChI=1S/C14H17NO4S/c1-2-3-10-19-13-4-6-14(7-5-13)20(16,17)15-8-11-18-12-9-15/h4-7H,8-12H2,1H3. The van der Waals surface area contributed by atoms with Crippen molar-refractivity contribution >= 4 is 10.0 Å². The van der Waals surface area contributed by atoms with Crippen LogP contribution in [0.15, 0.2) is 29.2 Å². The molecule has 1 fully saturated rings. The van der Waals surface area contributed by atoms with E-state index >= 15 is 0 Å². The van der Waals surface area contributed by atoms with Gasteiger partial charge in [-0.3, -0.25) is 0 Å². The number of hydrogen-bond acceptors (Lipinski definition) is 4. The molecule has 2 rings (SSSR count). The molecule has 0 spiro atoms. The SMILES string of the molecule is CC#CCOc1ccc(S(=O)(=O)N2CCOCC2)cc1. The van der Waals surface area contributed by atoms with E-state index in [9.17, 15) is 8.42 Å². The van der Waals surface area contributed by atoms with Gasteiger partial charge in [-0.25, -0.2) is 8.42 Å². The van der Waals surface area contributed by atoms with Gasteiger partial charge in [-0.05, 0) is 31.2 Å². The number of sulfonamides is 1. The molecular weight excluding hydrogens is 278 g/mol. The molecule has 6 heteroatoms. The molecule has 108 valence electrons. The fraction of sp³-hybridized carbons (Fsp3) is 0.429. The van der Waals surface area contributed by atoms with E-state index in [2.05, 4.69) is 11.8 Å². The number of nitrogens with zero attached hydrogens (tertiary/aromatic N) is 1. The number of rotatable bonds is 4. The highest BCUT2D eigenvalue weighted by Crippen LogP contribution is 2.20. The first-order chi connectivity index (χ1) is 9.64. The van der Waals surface area contributed by atoms with Gasteiger partial charge in [0, 0.05) is 13.1 Å².